The van der Waals surface area contributed by atoms with E-state index in [0.29, 0.717) is 6.42 Å². The molecule has 0 aromatic carbocycles. The third kappa shape index (κ3) is 18.7. The van der Waals surface area contributed by atoms with Gasteiger partial charge in [-0.1, -0.05) is 156 Å². The first-order valence-corrected chi connectivity index (χ1v) is 20.2. The topological polar surface area (TPSA) is 131 Å². The van der Waals surface area contributed by atoms with Gasteiger partial charge in [0.2, 0.25) is 11.8 Å². The first-order valence-electron chi connectivity index (χ1n) is 20.2. The number of ether oxygens (including phenoxy) is 1. The van der Waals surface area contributed by atoms with Crippen LogP contribution in [0, 0.1) is 0 Å². The van der Waals surface area contributed by atoms with E-state index in [1.54, 1.807) is 11.9 Å². The molecular weight excluding hydrogens is 606 g/mol. The molecule has 9 nitrogen and oxygen atoms in total. The molecule has 9 heteroatoms. The van der Waals surface area contributed by atoms with Gasteiger partial charge in [-0.2, -0.15) is 0 Å². The van der Waals surface area contributed by atoms with Gasteiger partial charge in [0.05, 0.1) is 13.2 Å². The van der Waals surface area contributed by atoms with E-state index in [2.05, 4.69) is 31.4 Å². The maximum Gasteiger partial charge on any atom is 0.234 e. The number of nitrogens with one attached hydrogen (secondary N) is 2. The first-order chi connectivity index (χ1) is 23.4. The molecule has 1 aliphatic heterocycles. The fourth-order valence-corrected chi connectivity index (χ4v) is 7.14. The fraction of sp³-hybridized carbons (Fsp3) is 0.949. The van der Waals surface area contributed by atoms with Gasteiger partial charge in [0.25, 0.3) is 0 Å². The van der Waals surface area contributed by atoms with Gasteiger partial charge in [0, 0.05) is 12.5 Å². The van der Waals surface area contributed by atoms with E-state index in [4.69, 9.17) is 4.74 Å². The second-order valence-corrected chi connectivity index (χ2v) is 14.4. The van der Waals surface area contributed by atoms with Crippen LogP contribution in [-0.4, -0.2) is 88.9 Å². The second-order valence-electron chi connectivity index (χ2n) is 14.4. The lowest BCUT2D eigenvalue weighted by molar-refractivity contribution is -0.237. The van der Waals surface area contributed by atoms with Gasteiger partial charge < -0.3 is 35.6 Å². The van der Waals surface area contributed by atoms with Crippen LogP contribution in [0.15, 0.2) is 0 Å². The average molecular weight is 684 g/mol. The summed E-state index contributed by atoms with van der Waals surface area (Å²) in [5.74, 6) is -0.405. The lowest BCUT2D eigenvalue weighted by Gasteiger charge is -2.49. The maximum absolute atomic E-state index is 14.1. The standard InChI is InChI=1S/C39H77N3O6/c1-5-8-10-12-14-16-17-18-20-21-23-25-28-32(27-7-3)42(35(45)29-26-24-22-19-15-13-11-9-6-2)39-36(41-34(44)30-40-4)38(47)37(46)33(31-43)48-39/h32-33,36-40,43,46-47H,5-31H2,1-4H3,(H,41,44)/t32?,33-,36-,37-,38-,39-/m1/s1. The molecule has 0 bridgehead atoms. The van der Waals surface area contributed by atoms with E-state index in [1.165, 1.54) is 103 Å². The molecule has 1 unspecified atom stereocenters. The van der Waals surface area contributed by atoms with Crippen molar-refractivity contribution in [1.82, 2.24) is 15.5 Å². The van der Waals surface area contributed by atoms with Crippen LogP contribution >= 0.6 is 0 Å². The van der Waals surface area contributed by atoms with Crippen LogP contribution in [0.3, 0.4) is 0 Å². The molecule has 5 N–H and O–H groups in total. The molecule has 0 spiro atoms. The molecule has 0 aromatic rings. The highest BCUT2D eigenvalue weighted by molar-refractivity contribution is 5.79. The van der Waals surface area contributed by atoms with Gasteiger partial charge in [-0.3, -0.25) is 9.59 Å². The van der Waals surface area contributed by atoms with Crippen molar-refractivity contribution in [3.63, 3.8) is 0 Å². The van der Waals surface area contributed by atoms with E-state index in [-0.39, 0.29) is 24.4 Å². The number of aliphatic hydroxyl groups excluding tert-OH is 3. The molecule has 0 aliphatic carbocycles. The normalized spacial score (nSPS) is 21.7. The molecule has 0 radical (unpaired) electrons. The third-order valence-corrected chi connectivity index (χ3v) is 10.0. The lowest BCUT2D eigenvalue weighted by atomic mass is 9.92. The molecular formula is C39H77N3O6. The summed E-state index contributed by atoms with van der Waals surface area (Å²) in [6.07, 6.45) is 23.6. The number of carbonyl (C=O) groups is 2. The Morgan fingerprint density at radius 2 is 1.15 bits per heavy atom. The van der Waals surface area contributed by atoms with Crippen molar-refractivity contribution in [2.75, 3.05) is 20.2 Å². The highest BCUT2D eigenvalue weighted by atomic mass is 16.5. The van der Waals surface area contributed by atoms with Crippen LogP contribution in [-0.2, 0) is 14.3 Å². The number of carbonyl (C=O) groups excluding carboxylic acids is 2. The maximum atomic E-state index is 14.1. The Balaban J connectivity index is 2.93. The predicted octanol–water partition coefficient (Wildman–Crippen LogP) is 7.14. The van der Waals surface area contributed by atoms with Gasteiger partial charge in [-0.15, -0.1) is 0 Å². The highest BCUT2D eigenvalue weighted by Crippen LogP contribution is 2.30. The monoisotopic (exact) mass is 684 g/mol. The van der Waals surface area contributed by atoms with Crippen molar-refractivity contribution in [3.8, 4) is 0 Å². The number of amides is 2. The van der Waals surface area contributed by atoms with Crippen molar-refractivity contribution in [2.24, 2.45) is 0 Å². The minimum Gasteiger partial charge on any atom is -0.394 e. The predicted molar refractivity (Wildman–Crippen MR) is 197 cm³/mol. The van der Waals surface area contributed by atoms with Crippen molar-refractivity contribution < 1.29 is 29.6 Å². The smallest absolute Gasteiger partial charge is 0.234 e. The van der Waals surface area contributed by atoms with Gasteiger partial charge in [0.15, 0.2) is 6.23 Å². The van der Waals surface area contributed by atoms with Crippen molar-refractivity contribution in [1.29, 1.82) is 0 Å². The molecule has 1 aliphatic rings. The van der Waals surface area contributed by atoms with E-state index < -0.39 is 37.2 Å². The van der Waals surface area contributed by atoms with Crippen LogP contribution < -0.4 is 10.6 Å². The second kappa shape index (κ2) is 29.5. The zero-order valence-electron chi connectivity index (χ0n) is 31.6. The Morgan fingerprint density at radius 3 is 1.60 bits per heavy atom. The van der Waals surface area contributed by atoms with Gasteiger partial charge in [-0.05, 0) is 26.3 Å². The summed E-state index contributed by atoms with van der Waals surface area (Å²) in [5, 5.41) is 37.6. The summed E-state index contributed by atoms with van der Waals surface area (Å²) in [7, 11) is 1.66. The quantitative estimate of drug-likeness (QED) is 0.0491. The number of likely N-dealkylation sites (N-methyl/N-ethyl adjacent to an activating group) is 1. The van der Waals surface area contributed by atoms with Crippen molar-refractivity contribution >= 4 is 11.8 Å². The Morgan fingerprint density at radius 1 is 0.667 bits per heavy atom. The summed E-state index contributed by atoms with van der Waals surface area (Å²) < 4.78 is 6.24. The first kappa shape index (κ1) is 44.8. The zero-order valence-corrected chi connectivity index (χ0v) is 31.6. The molecule has 1 rings (SSSR count). The summed E-state index contributed by atoms with van der Waals surface area (Å²) in [5.41, 5.74) is 0. The summed E-state index contributed by atoms with van der Waals surface area (Å²) in [4.78, 5) is 28.6. The van der Waals surface area contributed by atoms with Crippen LogP contribution in [0.4, 0.5) is 0 Å². The molecule has 284 valence electrons. The fourth-order valence-electron chi connectivity index (χ4n) is 7.14. The highest BCUT2D eigenvalue weighted by Gasteiger charge is 2.49. The molecule has 0 saturated carbocycles. The summed E-state index contributed by atoms with van der Waals surface area (Å²) in [6.45, 7) is 6.13. The minimum atomic E-state index is -1.39. The van der Waals surface area contributed by atoms with Crippen LogP contribution in [0.1, 0.15) is 181 Å². The number of unbranched alkanes of at least 4 members (excludes halogenated alkanes) is 19. The van der Waals surface area contributed by atoms with E-state index in [9.17, 15) is 24.9 Å². The van der Waals surface area contributed by atoms with Crippen LogP contribution in [0.2, 0.25) is 0 Å². The lowest BCUT2D eigenvalue weighted by Crippen LogP contribution is -2.70. The van der Waals surface area contributed by atoms with Gasteiger partial charge in [0.1, 0.15) is 24.4 Å². The molecule has 1 heterocycles. The SMILES string of the molecule is CCCCCCCCCCCCCCC(CCC)N(C(=O)CCCCCCCCCCC)[C@@H]1O[C@H](CO)[C@@H](O)[C@H](O)[C@H]1NC(=O)CNC. The number of aliphatic hydroxyl groups is 3. The number of rotatable bonds is 31. The Kier molecular flexibility index (Phi) is 27.5. The third-order valence-electron chi connectivity index (χ3n) is 10.0. The average Bonchev–Trinajstić information content (AvgIpc) is 3.07. The van der Waals surface area contributed by atoms with Crippen molar-refractivity contribution in [2.45, 2.75) is 218 Å². The number of hydrogen-bond acceptors (Lipinski definition) is 7. The van der Waals surface area contributed by atoms with E-state index in [1.807, 2.05) is 0 Å². The van der Waals surface area contributed by atoms with Crippen LogP contribution in [0.25, 0.3) is 0 Å². The molecule has 0 aromatic heterocycles. The van der Waals surface area contributed by atoms with Crippen molar-refractivity contribution in [3.05, 3.63) is 0 Å². The van der Waals surface area contributed by atoms with E-state index in [0.717, 1.165) is 51.4 Å². The molecule has 2 amide bonds. The summed E-state index contributed by atoms with van der Waals surface area (Å²) >= 11 is 0. The minimum absolute atomic E-state index is 0.0269. The zero-order chi connectivity index (χ0) is 35.4. The van der Waals surface area contributed by atoms with Crippen LogP contribution in [0.5, 0.6) is 0 Å². The molecule has 1 saturated heterocycles. The Hall–Kier alpha value is -1.26. The molecule has 48 heavy (non-hydrogen) atoms. The van der Waals surface area contributed by atoms with Gasteiger partial charge >= 0.3 is 0 Å². The van der Waals surface area contributed by atoms with E-state index >= 15 is 0 Å². The Labute approximate surface area is 294 Å². The Bertz CT molecular complexity index is 787. The largest absolute Gasteiger partial charge is 0.394 e. The number of hydrogen-bond donors (Lipinski definition) is 5. The number of nitrogens with zero attached hydrogens (tertiary/aromatic N) is 1. The molecule has 6 atom stereocenters. The summed E-state index contributed by atoms with van der Waals surface area (Å²) in [6, 6.07) is -1.14. The molecule has 1 fully saturated rings. The van der Waals surface area contributed by atoms with Gasteiger partial charge in [-0.25, -0.2) is 0 Å².